The molecule has 0 aliphatic heterocycles. The molecule has 1 unspecified atom stereocenters. The van der Waals surface area contributed by atoms with Crippen LogP contribution in [0.1, 0.15) is 18.1 Å². The number of aromatic nitrogens is 1. The van der Waals surface area contributed by atoms with E-state index in [1.54, 1.807) is 0 Å². The minimum Gasteiger partial charge on any atom is -0.384 e. The first-order valence-electron chi connectivity index (χ1n) is 7.12. The van der Waals surface area contributed by atoms with Crippen molar-refractivity contribution in [2.45, 2.75) is 31.5 Å². The Labute approximate surface area is 140 Å². The van der Waals surface area contributed by atoms with Crippen LogP contribution in [0.3, 0.4) is 0 Å². The summed E-state index contributed by atoms with van der Waals surface area (Å²) in [5, 5.41) is 31.5. The maximum atomic E-state index is 13.0. The van der Waals surface area contributed by atoms with Gasteiger partial charge in [-0.15, -0.1) is 0 Å². The van der Waals surface area contributed by atoms with Gasteiger partial charge in [-0.3, -0.25) is 0 Å². The Balaban J connectivity index is 2.19. The largest absolute Gasteiger partial charge is 0.417 e. The normalized spacial score (nSPS) is 15.3. The zero-order valence-electron chi connectivity index (χ0n) is 13.0. The molecule has 0 amide bonds. The minimum atomic E-state index is -4.74. The van der Waals surface area contributed by atoms with Crippen molar-refractivity contribution in [3.05, 3.63) is 53.6 Å². The Morgan fingerprint density at radius 1 is 1.32 bits per heavy atom. The molecule has 2 rings (SSSR count). The Morgan fingerprint density at radius 2 is 2.00 bits per heavy atom. The summed E-state index contributed by atoms with van der Waals surface area (Å²) in [5.41, 5.74) is -3.64. The third-order valence-corrected chi connectivity index (χ3v) is 3.55. The average Bonchev–Trinajstić information content (AvgIpc) is 2.90. The monoisotopic (exact) mass is 357 g/mol. The third kappa shape index (κ3) is 4.49. The molecule has 1 aromatic carbocycles. The van der Waals surface area contributed by atoms with E-state index in [0.29, 0.717) is 6.07 Å². The average molecular weight is 357 g/mol. The summed E-state index contributed by atoms with van der Waals surface area (Å²) in [6, 6.07) is 5.43. The number of aliphatic hydroxyl groups is 2. The number of hydrogen-bond donors (Lipinski definition) is 3. The molecule has 0 radical (unpaired) electrons. The molecule has 134 valence electrons. The number of benzene rings is 1. The fraction of sp³-hybridized carbons (Fsp3) is 0.312. The molecule has 0 saturated carbocycles. The minimum absolute atomic E-state index is 0.127. The van der Waals surface area contributed by atoms with Gasteiger partial charge in [0.25, 0.3) is 0 Å². The van der Waals surface area contributed by atoms with Gasteiger partial charge in [0.05, 0.1) is 23.7 Å². The number of halogens is 4. The summed E-state index contributed by atoms with van der Waals surface area (Å²) >= 11 is 0. The Hall–Kier alpha value is -2.57. The molecule has 9 heteroatoms. The van der Waals surface area contributed by atoms with Crippen LogP contribution in [0, 0.1) is 17.1 Å². The lowest BCUT2D eigenvalue weighted by Gasteiger charge is -2.30. The summed E-state index contributed by atoms with van der Waals surface area (Å²) < 4.78 is 53.1. The van der Waals surface area contributed by atoms with Crippen LogP contribution in [0.4, 0.5) is 23.2 Å². The fourth-order valence-corrected chi connectivity index (χ4v) is 2.25. The Morgan fingerprint density at radius 3 is 2.52 bits per heavy atom. The molecular weight excluding hydrogens is 342 g/mol. The number of alkyl halides is 3. The molecular formula is C16H15F4N3O2. The van der Waals surface area contributed by atoms with Crippen molar-refractivity contribution in [2.75, 3.05) is 5.32 Å². The molecule has 0 aliphatic carbocycles. The van der Waals surface area contributed by atoms with Gasteiger partial charge in [-0.1, -0.05) is 0 Å². The third-order valence-electron chi connectivity index (χ3n) is 3.55. The lowest BCUT2D eigenvalue weighted by atomic mass is 10.0. The number of hydrogen-bond acceptors (Lipinski definition) is 4. The van der Waals surface area contributed by atoms with E-state index in [2.05, 4.69) is 5.32 Å². The van der Waals surface area contributed by atoms with Crippen molar-refractivity contribution in [2.24, 2.45) is 0 Å². The number of nitriles is 1. The zero-order valence-corrected chi connectivity index (χ0v) is 13.0. The second-order valence-corrected chi connectivity index (χ2v) is 5.78. The maximum absolute atomic E-state index is 13.0. The molecule has 1 heterocycles. The van der Waals surface area contributed by atoms with Crippen molar-refractivity contribution < 1.29 is 27.8 Å². The van der Waals surface area contributed by atoms with Gasteiger partial charge in [0, 0.05) is 18.1 Å². The first-order valence-corrected chi connectivity index (χ1v) is 7.12. The van der Waals surface area contributed by atoms with Crippen molar-refractivity contribution in [1.29, 1.82) is 5.26 Å². The van der Waals surface area contributed by atoms with E-state index < -0.39 is 34.9 Å². The second kappa shape index (κ2) is 6.74. The number of aliphatic hydroxyl groups excluding tert-OH is 1. The lowest BCUT2D eigenvalue weighted by molar-refractivity contribution is -0.137. The van der Waals surface area contributed by atoms with E-state index in [4.69, 9.17) is 5.26 Å². The second-order valence-electron chi connectivity index (χ2n) is 5.78. The summed E-state index contributed by atoms with van der Waals surface area (Å²) in [5.74, 6) is -0.528. The highest BCUT2D eigenvalue weighted by Crippen LogP contribution is 2.34. The Kier molecular flexibility index (Phi) is 5.06. The molecule has 2 aromatic rings. The first-order chi connectivity index (χ1) is 11.5. The van der Waals surface area contributed by atoms with E-state index in [9.17, 15) is 27.8 Å². The maximum Gasteiger partial charge on any atom is 0.417 e. The van der Waals surface area contributed by atoms with E-state index in [1.807, 2.05) is 0 Å². The fourth-order valence-electron chi connectivity index (χ4n) is 2.25. The summed E-state index contributed by atoms with van der Waals surface area (Å²) in [7, 11) is 0. The lowest BCUT2D eigenvalue weighted by Crippen LogP contribution is -2.47. The van der Waals surface area contributed by atoms with Gasteiger partial charge in [0.15, 0.2) is 6.23 Å². The molecule has 0 fully saturated rings. The van der Waals surface area contributed by atoms with E-state index in [1.165, 1.54) is 29.8 Å². The molecule has 0 spiro atoms. The van der Waals surface area contributed by atoms with Crippen LogP contribution in [0.25, 0.3) is 0 Å². The quantitative estimate of drug-likeness (QED) is 0.568. The van der Waals surface area contributed by atoms with Crippen molar-refractivity contribution in [1.82, 2.24) is 4.57 Å². The van der Waals surface area contributed by atoms with E-state index >= 15 is 0 Å². The SMILES string of the molecule is C[C@](O)(Cn1ccc(F)c1)C(O)Nc1ccc(C#N)c(C(F)(F)F)c1. The number of anilines is 1. The van der Waals surface area contributed by atoms with Gasteiger partial charge in [-0.2, -0.15) is 18.4 Å². The summed E-state index contributed by atoms with van der Waals surface area (Å²) in [6.07, 6.45) is -3.93. The molecule has 25 heavy (non-hydrogen) atoms. The Bertz CT molecular complexity index is 793. The van der Waals surface area contributed by atoms with Gasteiger partial charge in [0.2, 0.25) is 0 Å². The van der Waals surface area contributed by atoms with Crippen LogP contribution in [0.2, 0.25) is 0 Å². The summed E-state index contributed by atoms with van der Waals surface area (Å²) in [6.45, 7) is 1.05. The van der Waals surface area contributed by atoms with Gasteiger partial charge in [-0.05, 0) is 31.2 Å². The molecule has 0 aliphatic rings. The predicted octanol–water partition coefficient (Wildman–Crippen LogP) is 2.70. The number of nitrogens with zero attached hydrogens (tertiary/aromatic N) is 2. The predicted molar refractivity (Wildman–Crippen MR) is 80.8 cm³/mol. The van der Waals surface area contributed by atoms with Gasteiger partial charge >= 0.3 is 6.18 Å². The van der Waals surface area contributed by atoms with Gasteiger partial charge in [-0.25, -0.2) is 4.39 Å². The van der Waals surface area contributed by atoms with Gasteiger partial charge in [0.1, 0.15) is 11.4 Å². The topological polar surface area (TPSA) is 81.2 Å². The molecule has 0 bridgehead atoms. The van der Waals surface area contributed by atoms with Crippen LogP contribution >= 0.6 is 0 Å². The van der Waals surface area contributed by atoms with Crippen molar-refractivity contribution >= 4 is 5.69 Å². The van der Waals surface area contributed by atoms with E-state index in [-0.39, 0.29) is 12.2 Å². The van der Waals surface area contributed by atoms with Crippen LogP contribution in [0.5, 0.6) is 0 Å². The molecule has 1 aromatic heterocycles. The molecule has 2 atom stereocenters. The first kappa shape index (κ1) is 18.8. The van der Waals surface area contributed by atoms with Crippen molar-refractivity contribution in [3.63, 3.8) is 0 Å². The van der Waals surface area contributed by atoms with Crippen LogP contribution in [-0.2, 0) is 12.7 Å². The number of nitrogens with one attached hydrogen (secondary N) is 1. The highest BCUT2D eigenvalue weighted by molar-refractivity contribution is 5.53. The molecule has 3 N–H and O–H groups in total. The standard InChI is InChI=1S/C16H15F4N3O2/c1-15(25,9-23-5-4-11(17)8-23)14(24)22-12-3-2-10(7-21)13(6-12)16(18,19)20/h2-6,8,14,22,24-25H,9H2,1H3/t14?,15-/m0/s1. The van der Waals surface area contributed by atoms with E-state index in [0.717, 1.165) is 18.3 Å². The highest BCUT2D eigenvalue weighted by atomic mass is 19.4. The van der Waals surface area contributed by atoms with Gasteiger partial charge < -0.3 is 20.1 Å². The van der Waals surface area contributed by atoms with Crippen LogP contribution in [-0.4, -0.2) is 26.6 Å². The highest BCUT2D eigenvalue weighted by Gasteiger charge is 2.35. The van der Waals surface area contributed by atoms with Crippen LogP contribution in [0.15, 0.2) is 36.7 Å². The molecule has 0 saturated heterocycles. The zero-order chi connectivity index (χ0) is 18.8. The molecule has 5 nitrogen and oxygen atoms in total. The van der Waals surface area contributed by atoms with Crippen molar-refractivity contribution in [3.8, 4) is 6.07 Å². The number of rotatable bonds is 5. The smallest absolute Gasteiger partial charge is 0.384 e. The summed E-state index contributed by atoms with van der Waals surface area (Å²) in [4.78, 5) is 0. The van der Waals surface area contributed by atoms with Crippen LogP contribution < -0.4 is 5.32 Å².